The number of fused-ring (bicyclic) bond motifs is 1. The van der Waals surface area contributed by atoms with E-state index in [0.29, 0.717) is 5.92 Å². The fourth-order valence-corrected chi connectivity index (χ4v) is 1.54. The molecule has 1 atom stereocenters. The van der Waals surface area contributed by atoms with Crippen molar-refractivity contribution in [2.75, 3.05) is 0 Å². The van der Waals surface area contributed by atoms with Crippen molar-refractivity contribution in [3.05, 3.63) is 17.8 Å². The van der Waals surface area contributed by atoms with Gasteiger partial charge in [-0.3, -0.25) is 0 Å². The van der Waals surface area contributed by atoms with Crippen molar-refractivity contribution >= 4 is 11.1 Å². The van der Waals surface area contributed by atoms with Crippen LogP contribution in [0.15, 0.2) is 10.8 Å². The predicted molar refractivity (Wildman–Crippen MR) is 57.5 cm³/mol. The first-order valence-electron chi connectivity index (χ1n) is 5.27. The molecule has 0 saturated carbocycles. The molecule has 15 heavy (non-hydrogen) atoms. The standard InChI is InChI=1S/C11H15N3O/c1-4-7(2)5-9-11-10(12-6-15-11)8(3)13-14-9/h6-7H,4-5H2,1-3H3. The van der Waals surface area contributed by atoms with E-state index in [1.165, 1.54) is 6.39 Å². The maximum Gasteiger partial charge on any atom is 0.182 e. The van der Waals surface area contributed by atoms with Crippen LogP contribution in [0.2, 0.25) is 0 Å². The summed E-state index contributed by atoms with van der Waals surface area (Å²) >= 11 is 0. The molecule has 0 bridgehead atoms. The van der Waals surface area contributed by atoms with Crippen LogP contribution in [0.1, 0.15) is 31.7 Å². The topological polar surface area (TPSA) is 51.8 Å². The normalized spacial score (nSPS) is 13.3. The second kappa shape index (κ2) is 3.96. The highest BCUT2D eigenvalue weighted by Gasteiger charge is 2.13. The summed E-state index contributed by atoms with van der Waals surface area (Å²) in [6.45, 7) is 6.26. The van der Waals surface area contributed by atoms with Gasteiger partial charge in [-0.2, -0.15) is 10.2 Å². The third-order valence-corrected chi connectivity index (χ3v) is 2.73. The molecule has 0 aromatic carbocycles. The third-order valence-electron chi connectivity index (χ3n) is 2.73. The molecule has 2 aromatic rings. The Morgan fingerprint density at radius 1 is 1.40 bits per heavy atom. The van der Waals surface area contributed by atoms with Gasteiger partial charge in [-0.05, 0) is 19.3 Å². The smallest absolute Gasteiger partial charge is 0.182 e. The Balaban J connectivity index is 2.43. The molecule has 0 N–H and O–H groups in total. The number of oxazole rings is 1. The fourth-order valence-electron chi connectivity index (χ4n) is 1.54. The molecule has 2 rings (SSSR count). The molecule has 0 aliphatic heterocycles. The zero-order chi connectivity index (χ0) is 10.8. The van der Waals surface area contributed by atoms with Crippen molar-refractivity contribution in [3.8, 4) is 0 Å². The monoisotopic (exact) mass is 205 g/mol. The van der Waals surface area contributed by atoms with Crippen LogP contribution >= 0.6 is 0 Å². The lowest BCUT2D eigenvalue weighted by Crippen LogP contribution is -2.03. The van der Waals surface area contributed by atoms with Gasteiger partial charge in [-0.1, -0.05) is 20.3 Å². The maximum atomic E-state index is 5.36. The number of nitrogens with zero attached hydrogens (tertiary/aromatic N) is 3. The largest absolute Gasteiger partial charge is 0.441 e. The van der Waals surface area contributed by atoms with Crippen molar-refractivity contribution in [2.45, 2.75) is 33.6 Å². The van der Waals surface area contributed by atoms with Crippen molar-refractivity contribution in [1.29, 1.82) is 0 Å². The Bertz CT molecular complexity index is 464. The molecule has 2 aromatic heterocycles. The lowest BCUT2D eigenvalue weighted by atomic mass is 10.0. The van der Waals surface area contributed by atoms with Gasteiger partial charge >= 0.3 is 0 Å². The van der Waals surface area contributed by atoms with Crippen LogP contribution in [0, 0.1) is 12.8 Å². The highest BCUT2D eigenvalue weighted by molar-refractivity contribution is 5.76. The van der Waals surface area contributed by atoms with Gasteiger partial charge in [0.05, 0.1) is 5.69 Å². The molecule has 0 saturated heterocycles. The molecular formula is C11H15N3O. The van der Waals surface area contributed by atoms with Crippen molar-refractivity contribution in [3.63, 3.8) is 0 Å². The highest BCUT2D eigenvalue weighted by atomic mass is 16.3. The SMILES string of the molecule is CCC(C)Cc1nnc(C)c2ncoc12. The van der Waals surface area contributed by atoms with E-state index in [4.69, 9.17) is 4.42 Å². The molecule has 2 heterocycles. The van der Waals surface area contributed by atoms with Gasteiger partial charge < -0.3 is 4.42 Å². The lowest BCUT2D eigenvalue weighted by Gasteiger charge is -2.06. The van der Waals surface area contributed by atoms with Gasteiger partial charge in [0.1, 0.15) is 11.2 Å². The third kappa shape index (κ3) is 1.84. The van der Waals surface area contributed by atoms with Crippen LogP contribution in [-0.4, -0.2) is 15.2 Å². The van der Waals surface area contributed by atoms with E-state index in [0.717, 1.165) is 35.3 Å². The highest BCUT2D eigenvalue weighted by Crippen LogP contribution is 2.20. The average Bonchev–Trinajstić information content (AvgIpc) is 2.71. The van der Waals surface area contributed by atoms with E-state index >= 15 is 0 Å². The minimum absolute atomic E-state index is 0.593. The van der Waals surface area contributed by atoms with E-state index in [9.17, 15) is 0 Å². The fraction of sp³-hybridized carbons (Fsp3) is 0.545. The van der Waals surface area contributed by atoms with Crippen molar-refractivity contribution in [1.82, 2.24) is 15.2 Å². The molecule has 0 amide bonds. The molecule has 0 spiro atoms. The Labute approximate surface area is 88.7 Å². The number of aryl methyl sites for hydroxylation is 1. The van der Waals surface area contributed by atoms with Gasteiger partial charge in [-0.25, -0.2) is 4.98 Å². The molecule has 0 aliphatic rings. The molecule has 0 fully saturated rings. The van der Waals surface area contributed by atoms with E-state index in [1.54, 1.807) is 0 Å². The molecule has 4 nitrogen and oxygen atoms in total. The minimum Gasteiger partial charge on any atom is -0.441 e. The van der Waals surface area contributed by atoms with E-state index in [-0.39, 0.29) is 0 Å². The zero-order valence-corrected chi connectivity index (χ0v) is 9.32. The van der Waals surface area contributed by atoms with Crippen LogP contribution in [-0.2, 0) is 6.42 Å². The quantitative estimate of drug-likeness (QED) is 0.772. The summed E-state index contributed by atoms with van der Waals surface area (Å²) in [6.07, 6.45) is 3.49. The number of aromatic nitrogens is 3. The van der Waals surface area contributed by atoms with Crippen molar-refractivity contribution in [2.24, 2.45) is 5.92 Å². The van der Waals surface area contributed by atoms with Gasteiger partial charge in [0, 0.05) is 0 Å². The average molecular weight is 205 g/mol. The number of rotatable bonds is 3. The molecule has 80 valence electrons. The Kier molecular flexibility index (Phi) is 2.66. The van der Waals surface area contributed by atoms with Crippen LogP contribution in [0.25, 0.3) is 11.1 Å². The van der Waals surface area contributed by atoms with E-state index in [2.05, 4.69) is 29.0 Å². The van der Waals surface area contributed by atoms with Gasteiger partial charge in [-0.15, -0.1) is 0 Å². The van der Waals surface area contributed by atoms with Crippen LogP contribution in [0.4, 0.5) is 0 Å². The zero-order valence-electron chi connectivity index (χ0n) is 9.32. The second-order valence-corrected chi connectivity index (χ2v) is 3.98. The first-order chi connectivity index (χ1) is 7.22. The summed E-state index contributed by atoms with van der Waals surface area (Å²) in [5.74, 6) is 0.593. The molecular weight excluding hydrogens is 190 g/mol. The summed E-state index contributed by atoms with van der Waals surface area (Å²) in [7, 11) is 0. The molecule has 1 unspecified atom stereocenters. The van der Waals surface area contributed by atoms with Crippen LogP contribution in [0.5, 0.6) is 0 Å². The van der Waals surface area contributed by atoms with E-state index in [1.807, 2.05) is 6.92 Å². The molecule has 0 aliphatic carbocycles. The predicted octanol–water partition coefficient (Wildman–Crippen LogP) is 2.51. The first kappa shape index (κ1) is 10.1. The van der Waals surface area contributed by atoms with Crippen LogP contribution in [0.3, 0.4) is 0 Å². The maximum absolute atomic E-state index is 5.36. The Hall–Kier alpha value is -1.45. The summed E-state index contributed by atoms with van der Waals surface area (Å²) in [4.78, 5) is 4.14. The Morgan fingerprint density at radius 3 is 2.93 bits per heavy atom. The van der Waals surface area contributed by atoms with Crippen LogP contribution < -0.4 is 0 Å². The molecule has 4 heteroatoms. The second-order valence-electron chi connectivity index (χ2n) is 3.98. The van der Waals surface area contributed by atoms with Crippen molar-refractivity contribution < 1.29 is 4.42 Å². The minimum atomic E-state index is 0.593. The summed E-state index contributed by atoms with van der Waals surface area (Å²) in [5, 5.41) is 8.28. The molecule has 0 radical (unpaired) electrons. The van der Waals surface area contributed by atoms with Gasteiger partial charge in [0.15, 0.2) is 12.0 Å². The number of hydrogen-bond donors (Lipinski definition) is 0. The van der Waals surface area contributed by atoms with E-state index < -0.39 is 0 Å². The summed E-state index contributed by atoms with van der Waals surface area (Å²) in [5.41, 5.74) is 3.38. The van der Waals surface area contributed by atoms with Gasteiger partial charge in [0.25, 0.3) is 0 Å². The summed E-state index contributed by atoms with van der Waals surface area (Å²) < 4.78 is 5.36. The first-order valence-corrected chi connectivity index (χ1v) is 5.27. The Morgan fingerprint density at radius 2 is 2.20 bits per heavy atom. The number of hydrogen-bond acceptors (Lipinski definition) is 4. The van der Waals surface area contributed by atoms with Gasteiger partial charge in [0.2, 0.25) is 0 Å². The lowest BCUT2D eigenvalue weighted by molar-refractivity contribution is 0.536. The summed E-state index contributed by atoms with van der Waals surface area (Å²) in [6, 6.07) is 0.